The monoisotopic (exact) mass is 369 g/mol. The maximum Gasteiger partial charge on any atom is 0.330 e. The number of hydrogen-bond acceptors (Lipinski definition) is 8. The van der Waals surface area contributed by atoms with Gasteiger partial charge in [0.1, 0.15) is 18.0 Å². The fraction of sp³-hybridized carbons (Fsp3) is 0.765. The molecule has 1 heterocycles. The number of hydrogen-bond donors (Lipinski definition) is 3. The van der Waals surface area contributed by atoms with Gasteiger partial charge in [-0.1, -0.05) is 20.3 Å². The zero-order valence-corrected chi connectivity index (χ0v) is 15.3. The van der Waals surface area contributed by atoms with Crippen LogP contribution in [0.15, 0.2) is 0 Å². The van der Waals surface area contributed by atoms with Crippen molar-refractivity contribution in [1.82, 2.24) is 5.32 Å². The Hall–Kier alpha value is -2.00. The molecule has 9 nitrogen and oxygen atoms in total. The van der Waals surface area contributed by atoms with Crippen LogP contribution in [0.2, 0.25) is 0 Å². The molecule has 1 aliphatic heterocycles. The van der Waals surface area contributed by atoms with Gasteiger partial charge in [-0.15, -0.1) is 0 Å². The molecule has 2 aliphatic rings. The van der Waals surface area contributed by atoms with Gasteiger partial charge in [-0.3, -0.25) is 9.59 Å². The van der Waals surface area contributed by atoms with Crippen molar-refractivity contribution in [2.75, 3.05) is 0 Å². The quantitative estimate of drug-likeness (QED) is 0.372. The minimum atomic E-state index is -0.959. The first-order chi connectivity index (χ1) is 12.1. The Morgan fingerprint density at radius 3 is 2.46 bits per heavy atom. The maximum atomic E-state index is 12.3. The van der Waals surface area contributed by atoms with Gasteiger partial charge in [0.2, 0.25) is 0 Å². The summed E-state index contributed by atoms with van der Waals surface area (Å²) in [5, 5.41) is 2.83. The molecule has 0 bridgehead atoms. The number of cyclic esters (lactones) is 1. The zero-order valence-electron chi connectivity index (χ0n) is 15.3. The van der Waals surface area contributed by atoms with E-state index in [4.69, 9.17) is 16.2 Å². The van der Waals surface area contributed by atoms with Gasteiger partial charge < -0.3 is 26.3 Å². The van der Waals surface area contributed by atoms with Crippen LogP contribution in [-0.2, 0) is 28.7 Å². The van der Waals surface area contributed by atoms with Crippen molar-refractivity contribution in [2.45, 2.75) is 64.3 Å². The van der Waals surface area contributed by atoms with Gasteiger partial charge in [0.15, 0.2) is 6.10 Å². The molecule has 1 amide bonds. The molecule has 7 atom stereocenters. The minimum Gasteiger partial charge on any atom is -0.451 e. The average molecular weight is 369 g/mol. The molecule has 5 N–H and O–H groups in total. The number of rotatable bonds is 8. The second-order valence-electron chi connectivity index (χ2n) is 7.25. The molecule has 2 rings (SSSR count). The highest BCUT2D eigenvalue weighted by atomic mass is 16.6. The standard InChI is InChI=1S/C17H27N3O6/c1-4-7(2)12-13(25-17(12)24)14(21)20-11-6-9(11)5-10(19)16(23)26-15(22)8(3)18/h7-13H,4-6,18-19H2,1-3H3,(H,20,21)/t7-,8-,9+,10-,11-,12-,13+/m0/s1. The Bertz CT molecular complexity index is 593. The summed E-state index contributed by atoms with van der Waals surface area (Å²) in [5.74, 6) is -2.61. The van der Waals surface area contributed by atoms with Crippen molar-refractivity contribution in [3.8, 4) is 0 Å². The molecule has 1 saturated heterocycles. The molecule has 0 aromatic heterocycles. The summed E-state index contributed by atoms with van der Waals surface area (Å²) in [7, 11) is 0. The molecule has 146 valence electrons. The number of ether oxygens (including phenoxy) is 2. The molecule has 2 fully saturated rings. The van der Waals surface area contributed by atoms with Crippen molar-refractivity contribution >= 4 is 23.8 Å². The fourth-order valence-corrected chi connectivity index (χ4v) is 2.97. The van der Waals surface area contributed by atoms with E-state index in [2.05, 4.69) is 10.1 Å². The number of amides is 1. The third-order valence-corrected chi connectivity index (χ3v) is 5.04. The Morgan fingerprint density at radius 2 is 1.92 bits per heavy atom. The normalized spacial score (nSPS) is 30.3. The van der Waals surface area contributed by atoms with Gasteiger partial charge in [-0.05, 0) is 31.6 Å². The lowest BCUT2D eigenvalue weighted by Gasteiger charge is -2.37. The molecule has 0 aromatic rings. The van der Waals surface area contributed by atoms with Crippen LogP contribution in [0.3, 0.4) is 0 Å². The Balaban J connectivity index is 1.75. The summed E-state index contributed by atoms with van der Waals surface area (Å²) in [6.45, 7) is 5.28. The molecular weight excluding hydrogens is 342 g/mol. The third kappa shape index (κ3) is 4.59. The van der Waals surface area contributed by atoms with Crippen molar-refractivity contribution in [3.05, 3.63) is 0 Å². The van der Waals surface area contributed by atoms with Crippen LogP contribution in [0.25, 0.3) is 0 Å². The largest absolute Gasteiger partial charge is 0.451 e. The van der Waals surface area contributed by atoms with Crippen LogP contribution < -0.4 is 16.8 Å². The van der Waals surface area contributed by atoms with Gasteiger partial charge in [-0.2, -0.15) is 0 Å². The number of nitrogens with two attached hydrogens (primary N) is 2. The van der Waals surface area contributed by atoms with E-state index in [1.165, 1.54) is 6.92 Å². The van der Waals surface area contributed by atoms with E-state index in [0.29, 0.717) is 6.42 Å². The van der Waals surface area contributed by atoms with E-state index in [9.17, 15) is 19.2 Å². The van der Waals surface area contributed by atoms with Gasteiger partial charge in [0.25, 0.3) is 5.91 Å². The highest BCUT2D eigenvalue weighted by Gasteiger charge is 2.51. The van der Waals surface area contributed by atoms with Crippen LogP contribution in [0.5, 0.6) is 0 Å². The van der Waals surface area contributed by atoms with Gasteiger partial charge in [0.05, 0.1) is 0 Å². The van der Waals surface area contributed by atoms with Crippen molar-refractivity contribution < 1.29 is 28.7 Å². The van der Waals surface area contributed by atoms with E-state index in [1.807, 2.05) is 13.8 Å². The number of carbonyl (C=O) groups is 4. The highest BCUT2D eigenvalue weighted by molar-refractivity contribution is 5.94. The van der Waals surface area contributed by atoms with Gasteiger partial charge >= 0.3 is 17.9 Å². The van der Waals surface area contributed by atoms with Crippen LogP contribution >= 0.6 is 0 Å². The summed E-state index contributed by atoms with van der Waals surface area (Å²) in [5.41, 5.74) is 11.1. The van der Waals surface area contributed by atoms with E-state index < -0.39 is 36.0 Å². The van der Waals surface area contributed by atoms with Crippen LogP contribution in [0.4, 0.5) is 0 Å². The average Bonchev–Trinajstić information content (AvgIpc) is 3.28. The smallest absolute Gasteiger partial charge is 0.330 e. The Labute approximate surface area is 152 Å². The lowest BCUT2D eigenvalue weighted by atomic mass is 9.83. The SMILES string of the molecule is CC[C@H](C)[C@@H]1C(=O)O[C@H]1C(=O)N[C@H]1C[C@H]1C[C@H](N)C(=O)OC(=O)[C@H](C)N. The van der Waals surface area contributed by atoms with Crippen LogP contribution in [-0.4, -0.2) is 48.0 Å². The van der Waals surface area contributed by atoms with Crippen LogP contribution in [0.1, 0.15) is 40.0 Å². The topological polar surface area (TPSA) is 151 Å². The summed E-state index contributed by atoms with van der Waals surface area (Å²) in [4.78, 5) is 46.9. The molecular formula is C17H27N3O6. The Kier molecular flexibility index (Phi) is 6.35. The first kappa shape index (κ1) is 20.3. The molecule has 26 heavy (non-hydrogen) atoms. The van der Waals surface area contributed by atoms with Crippen molar-refractivity contribution in [2.24, 2.45) is 29.2 Å². The van der Waals surface area contributed by atoms with Crippen molar-refractivity contribution in [1.29, 1.82) is 0 Å². The first-order valence-electron chi connectivity index (χ1n) is 8.93. The zero-order chi connectivity index (χ0) is 19.6. The lowest BCUT2D eigenvalue weighted by Crippen LogP contribution is -2.56. The number of carbonyl (C=O) groups excluding carboxylic acids is 4. The third-order valence-electron chi connectivity index (χ3n) is 5.04. The predicted molar refractivity (Wildman–Crippen MR) is 90.2 cm³/mol. The van der Waals surface area contributed by atoms with Gasteiger partial charge in [0, 0.05) is 6.04 Å². The Morgan fingerprint density at radius 1 is 1.27 bits per heavy atom. The molecule has 9 heteroatoms. The van der Waals surface area contributed by atoms with Crippen LogP contribution in [0, 0.1) is 17.8 Å². The summed E-state index contributed by atoms with van der Waals surface area (Å²) >= 11 is 0. The first-order valence-corrected chi connectivity index (χ1v) is 8.93. The van der Waals surface area contributed by atoms with E-state index in [0.717, 1.165) is 6.42 Å². The fourth-order valence-electron chi connectivity index (χ4n) is 2.97. The highest BCUT2D eigenvalue weighted by Crippen LogP contribution is 2.36. The molecule has 0 spiro atoms. The second-order valence-corrected chi connectivity index (χ2v) is 7.25. The molecule has 0 radical (unpaired) electrons. The minimum absolute atomic E-state index is 0.0183. The predicted octanol–water partition coefficient (Wildman–Crippen LogP) is -0.787. The second kappa shape index (κ2) is 8.13. The van der Waals surface area contributed by atoms with Gasteiger partial charge in [-0.25, -0.2) is 9.59 Å². The van der Waals surface area contributed by atoms with E-state index in [1.54, 1.807) is 0 Å². The molecule has 0 unspecified atom stereocenters. The summed E-state index contributed by atoms with van der Waals surface area (Å²) in [6, 6.07) is -1.98. The van der Waals surface area contributed by atoms with E-state index in [-0.39, 0.29) is 36.2 Å². The summed E-state index contributed by atoms with van der Waals surface area (Å²) in [6.07, 6.45) is 0.992. The lowest BCUT2D eigenvalue weighted by molar-refractivity contribution is -0.193. The molecule has 0 aromatic carbocycles. The number of nitrogens with one attached hydrogen (secondary N) is 1. The maximum absolute atomic E-state index is 12.3. The summed E-state index contributed by atoms with van der Waals surface area (Å²) < 4.78 is 9.56. The van der Waals surface area contributed by atoms with Crippen molar-refractivity contribution in [3.63, 3.8) is 0 Å². The van der Waals surface area contributed by atoms with E-state index >= 15 is 0 Å². The molecule has 1 aliphatic carbocycles. The number of esters is 3. The molecule has 1 saturated carbocycles.